The van der Waals surface area contributed by atoms with Crippen molar-refractivity contribution in [2.24, 2.45) is 10.2 Å². The molecule has 5 rings (SSSR count). The van der Waals surface area contributed by atoms with E-state index in [-0.39, 0.29) is 5.78 Å². The standard InChI is InChI=1S/C28H23N3OS/c1-18-9-26(16-29-15-18)24-11-23(22-8-7-20-5-3-4-6-21(20)10-22)12-25(13-24)27-14-28(31-30-27)33-17-19(2)32/h3-13,15-16H,14,17H2,1-2H3. The Hall–Kier alpha value is -3.57. The van der Waals surface area contributed by atoms with E-state index in [2.05, 4.69) is 88.8 Å². The molecule has 1 aliphatic rings. The summed E-state index contributed by atoms with van der Waals surface area (Å²) in [6, 6.07) is 23.7. The number of fused-ring (bicyclic) bond motifs is 1. The van der Waals surface area contributed by atoms with Gasteiger partial charge in [-0.1, -0.05) is 36.4 Å². The highest BCUT2D eigenvalue weighted by Crippen LogP contribution is 2.32. The van der Waals surface area contributed by atoms with Crippen LogP contribution in [-0.2, 0) is 4.79 Å². The number of hydrogen-bond donors (Lipinski definition) is 0. The number of benzene rings is 3. The first kappa shape index (κ1) is 21.3. The van der Waals surface area contributed by atoms with Crippen LogP contribution in [0.25, 0.3) is 33.0 Å². The molecule has 2 heterocycles. The zero-order chi connectivity index (χ0) is 22.8. The third-order valence-corrected chi connectivity index (χ3v) is 6.71. The molecule has 0 N–H and O–H groups in total. The first-order valence-corrected chi connectivity index (χ1v) is 11.9. The Morgan fingerprint density at radius 1 is 0.818 bits per heavy atom. The van der Waals surface area contributed by atoms with E-state index in [4.69, 9.17) is 0 Å². The molecule has 4 aromatic rings. The maximum Gasteiger partial charge on any atom is 0.140 e. The van der Waals surface area contributed by atoms with E-state index in [1.54, 1.807) is 6.92 Å². The second-order valence-corrected chi connectivity index (χ2v) is 9.37. The SMILES string of the molecule is CC(=O)CSC1=NN=C(c2cc(-c3cncc(C)c3)cc(-c3ccc4ccccc4c3)c2)C1. The molecule has 0 fully saturated rings. The summed E-state index contributed by atoms with van der Waals surface area (Å²) in [5.74, 6) is 0.572. The van der Waals surface area contributed by atoms with Crippen LogP contribution in [-0.4, -0.2) is 27.3 Å². The van der Waals surface area contributed by atoms with Gasteiger partial charge in [0.25, 0.3) is 0 Å². The Labute approximate surface area is 197 Å². The van der Waals surface area contributed by atoms with Crippen LogP contribution in [0.3, 0.4) is 0 Å². The Bertz CT molecular complexity index is 1440. The van der Waals surface area contributed by atoms with Crippen molar-refractivity contribution in [2.75, 3.05) is 5.75 Å². The summed E-state index contributed by atoms with van der Waals surface area (Å²) in [6.07, 6.45) is 4.41. The summed E-state index contributed by atoms with van der Waals surface area (Å²) in [5, 5.41) is 12.1. The number of carbonyl (C=O) groups excluding carboxylic acids is 1. The lowest BCUT2D eigenvalue weighted by Gasteiger charge is -2.12. The maximum absolute atomic E-state index is 11.4. The van der Waals surface area contributed by atoms with Crippen LogP contribution in [0, 0.1) is 6.92 Å². The van der Waals surface area contributed by atoms with Crippen molar-refractivity contribution in [3.05, 3.63) is 90.3 Å². The number of Topliss-reactive ketones (excluding diaryl/α,β-unsaturated/α-hetero) is 1. The van der Waals surface area contributed by atoms with Crippen LogP contribution in [0.15, 0.2) is 89.3 Å². The molecule has 0 atom stereocenters. The van der Waals surface area contributed by atoms with Gasteiger partial charge < -0.3 is 0 Å². The van der Waals surface area contributed by atoms with Gasteiger partial charge >= 0.3 is 0 Å². The Morgan fingerprint density at radius 2 is 1.58 bits per heavy atom. The zero-order valence-corrected chi connectivity index (χ0v) is 19.4. The highest BCUT2D eigenvalue weighted by atomic mass is 32.2. The van der Waals surface area contributed by atoms with Crippen molar-refractivity contribution in [3.8, 4) is 22.3 Å². The lowest BCUT2D eigenvalue weighted by atomic mass is 9.93. The maximum atomic E-state index is 11.4. The molecule has 0 saturated carbocycles. The highest BCUT2D eigenvalue weighted by molar-refractivity contribution is 8.14. The molecule has 33 heavy (non-hydrogen) atoms. The van der Waals surface area contributed by atoms with E-state index < -0.39 is 0 Å². The molecule has 162 valence electrons. The van der Waals surface area contributed by atoms with Crippen molar-refractivity contribution >= 4 is 39.1 Å². The van der Waals surface area contributed by atoms with E-state index in [0.717, 1.165) is 44.1 Å². The average Bonchev–Trinajstić information content (AvgIpc) is 3.31. The molecule has 0 amide bonds. The van der Waals surface area contributed by atoms with Crippen LogP contribution in [0.4, 0.5) is 0 Å². The molecule has 1 aromatic heterocycles. The van der Waals surface area contributed by atoms with E-state index in [1.165, 1.54) is 22.5 Å². The molecule has 0 radical (unpaired) electrons. The van der Waals surface area contributed by atoms with Gasteiger partial charge in [0.1, 0.15) is 10.8 Å². The van der Waals surface area contributed by atoms with Crippen LogP contribution < -0.4 is 0 Å². The summed E-state index contributed by atoms with van der Waals surface area (Å²) in [5.41, 5.74) is 7.54. The number of rotatable bonds is 5. The van der Waals surface area contributed by atoms with E-state index >= 15 is 0 Å². The molecular formula is C28H23N3OS. The number of ketones is 1. The minimum absolute atomic E-state index is 0.142. The van der Waals surface area contributed by atoms with Crippen molar-refractivity contribution in [3.63, 3.8) is 0 Å². The molecule has 5 heteroatoms. The van der Waals surface area contributed by atoms with Crippen molar-refractivity contribution in [2.45, 2.75) is 20.3 Å². The second kappa shape index (κ2) is 9.12. The fraction of sp³-hybridized carbons (Fsp3) is 0.143. The number of pyridine rings is 1. The number of thioether (sulfide) groups is 1. The smallest absolute Gasteiger partial charge is 0.140 e. The van der Waals surface area contributed by atoms with Gasteiger partial charge in [-0.05, 0) is 82.8 Å². The average molecular weight is 450 g/mol. The molecular weight excluding hydrogens is 426 g/mol. The quantitative estimate of drug-likeness (QED) is 0.340. The van der Waals surface area contributed by atoms with Crippen molar-refractivity contribution in [1.29, 1.82) is 0 Å². The van der Waals surface area contributed by atoms with Gasteiger partial charge in [0.2, 0.25) is 0 Å². The van der Waals surface area contributed by atoms with E-state index in [1.807, 2.05) is 12.4 Å². The minimum atomic E-state index is 0.142. The van der Waals surface area contributed by atoms with Gasteiger partial charge in [-0.15, -0.1) is 16.9 Å². The molecule has 0 saturated heterocycles. The van der Waals surface area contributed by atoms with Crippen LogP contribution in [0.5, 0.6) is 0 Å². The predicted octanol–water partition coefficient (Wildman–Crippen LogP) is 6.71. The third kappa shape index (κ3) is 4.78. The van der Waals surface area contributed by atoms with Gasteiger partial charge in [0.15, 0.2) is 0 Å². The van der Waals surface area contributed by atoms with E-state index in [0.29, 0.717) is 12.2 Å². The van der Waals surface area contributed by atoms with Crippen LogP contribution in [0.1, 0.15) is 24.5 Å². The normalized spacial score (nSPS) is 13.2. The van der Waals surface area contributed by atoms with Crippen molar-refractivity contribution in [1.82, 2.24) is 4.98 Å². The molecule has 0 spiro atoms. The predicted molar refractivity (Wildman–Crippen MR) is 139 cm³/mol. The number of carbonyl (C=O) groups is 1. The van der Waals surface area contributed by atoms with Crippen LogP contribution >= 0.6 is 11.8 Å². The largest absolute Gasteiger partial charge is 0.299 e. The number of hydrogen-bond acceptors (Lipinski definition) is 5. The van der Waals surface area contributed by atoms with E-state index in [9.17, 15) is 4.79 Å². The van der Waals surface area contributed by atoms with Gasteiger partial charge in [0, 0.05) is 24.4 Å². The molecule has 4 nitrogen and oxygen atoms in total. The molecule has 0 unspecified atom stereocenters. The Kier molecular flexibility index (Phi) is 5.88. The topological polar surface area (TPSA) is 54.7 Å². The van der Waals surface area contributed by atoms with Gasteiger partial charge in [-0.3, -0.25) is 9.78 Å². The third-order valence-electron chi connectivity index (χ3n) is 5.60. The Morgan fingerprint density at radius 3 is 2.36 bits per heavy atom. The second-order valence-electron chi connectivity index (χ2n) is 8.32. The lowest BCUT2D eigenvalue weighted by Crippen LogP contribution is -2.04. The first-order valence-electron chi connectivity index (χ1n) is 10.9. The van der Waals surface area contributed by atoms with Gasteiger partial charge in [0.05, 0.1) is 11.5 Å². The summed E-state index contributed by atoms with van der Waals surface area (Å²) in [4.78, 5) is 15.8. The monoisotopic (exact) mass is 449 g/mol. The fourth-order valence-corrected chi connectivity index (χ4v) is 4.67. The molecule has 0 aliphatic carbocycles. The fourth-order valence-electron chi connectivity index (χ4n) is 3.96. The van der Waals surface area contributed by atoms with Crippen LogP contribution in [0.2, 0.25) is 0 Å². The highest BCUT2D eigenvalue weighted by Gasteiger charge is 2.18. The van der Waals surface area contributed by atoms with Gasteiger partial charge in [-0.2, -0.15) is 5.10 Å². The summed E-state index contributed by atoms with van der Waals surface area (Å²) >= 11 is 1.47. The zero-order valence-electron chi connectivity index (χ0n) is 18.6. The molecule has 0 bridgehead atoms. The summed E-state index contributed by atoms with van der Waals surface area (Å²) < 4.78 is 0. The summed E-state index contributed by atoms with van der Waals surface area (Å²) in [6.45, 7) is 3.65. The Balaban J connectivity index is 1.56. The molecule has 1 aliphatic heterocycles. The molecule has 3 aromatic carbocycles. The first-order chi connectivity index (χ1) is 16.0. The number of aromatic nitrogens is 1. The number of aryl methyl sites for hydroxylation is 1. The number of nitrogens with zero attached hydrogens (tertiary/aromatic N) is 3. The van der Waals surface area contributed by atoms with Crippen molar-refractivity contribution < 1.29 is 4.79 Å². The van der Waals surface area contributed by atoms with Gasteiger partial charge in [-0.25, -0.2) is 0 Å². The minimum Gasteiger partial charge on any atom is -0.299 e. The lowest BCUT2D eigenvalue weighted by molar-refractivity contribution is -0.114. The summed E-state index contributed by atoms with van der Waals surface area (Å²) in [7, 11) is 0.